The fourth-order valence-corrected chi connectivity index (χ4v) is 6.50. The van der Waals surface area contributed by atoms with E-state index in [1.807, 2.05) is 16.9 Å². The van der Waals surface area contributed by atoms with Gasteiger partial charge in [-0.05, 0) is 44.0 Å². The second-order valence-corrected chi connectivity index (χ2v) is 11.0. The number of fused-ring (bicyclic) bond motifs is 1. The zero-order valence-electron chi connectivity index (χ0n) is 18.3. The third-order valence-electron chi connectivity index (χ3n) is 6.80. The number of likely N-dealkylation sites (N-methyl/N-ethyl adjacent to an activating group) is 1. The number of rotatable bonds is 3. The summed E-state index contributed by atoms with van der Waals surface area (Å²) in [5.74, 6) is 1.74. The number of aromatic nitrogens is 3. The Kier molecular flexibility index (Phi) is 5.48. The summed E-state index contributed by atoms with van der Waals surface area (Å²) < 4.78 is 2.83. The molecule has 1 saturated heterocycles. The molecule has 0 amide bonds. The van der Waals surface area contributed by atoms with Gasteiger partial charge in [0.25, 0.3) is 0 Å². The van der Waals surface area contributed by atoms with E-state index in [2.05, 4.69) is 63.1 Å². The van der Waals surface area contributed by atoms with E-state index in [0.717, 1.165) is 72.7 Å². The van der Waals surface area contributed by atoms with Crippen molar-refractivity contribution in [2.24, 2.45) is 0 Å². The second kappa shape index (κ2) is 8.18. The zero-order chi connectivity index (χ0) is 22.5. The SMILES string of the molecule is CN1CCN(c2cc(Br)cc(-n3cc(C4(C)CCCc5sc(N)c(C#N)c54)cn3)n2)CC1. The van der Waals surface area contributed by atoms with Crippen LogP contribution in [0.4, 0.5) is 10.8 Å². The van der Waals surface area contributed by atoms with Gasteiger partial charge in [-0.1, -0.05) is 22.9 Å². The minimum atomic E-state index is -0.280. The summed E-state index contributed by atoms with van der Waals surface area (Å²) >= 11 is 5.22. The molecule has 3 aromatic heterocycles. The molecule has 9 heteroatoms. The molecule has 1 unspecified atom stereocenters. The summed E-state index contributed by atoms with van der Waals surface area (Å²) in [6.45, 7) is 6.19. The van der Waals surface area contributed by atoms with Gasteiger partial charge in [-0.3, -0.25) is 0 Å². The normalized spacial score (nSPS) is 21.4. The minimum Gasteiger partial charge on any atom is -0.389 e. The van der Waals surface area contributed by atoms with Gasteiger partial charge in [-0.25, -0.2) is 9.67 Å². The molecule has 0 spiro atoms. The van der Waals surface area contributed by atoms with E-state index in [1.165, 1.54) is 4.88 Å². The molecule has 1 fully saturated rings. The Balaban J connectivity index is 1.51. The van der Waals surface area contributed by atoms with Crippen LogP contribution >= 0.6 is 27.3 Å². The molecule has 5 rings (SSSR count). The molecule has 3 aromatic rings. The van der Waals surface area contributed by atoms with Gasteiger partial charge in [-0.15, -0.1) is 11.3 Å². The largest absolute Gasteiger partial charge is 0.389 e. The molecular formula is C23H26BrN7S. The molecule has 1 aliphatic heterocycles. The van der Waals surface area contributed by atoms with Crippen LogP contribution in [0.3, 0.4) is 0 Å². The van der Waals surface area contributed by atoms with Gasteiger partial charge >= 0.3 is 0 Å². The van der Waals surface area contributed by atoms with Gasteiger partial charge in [-0.2, -0.15) is 10.4 Å². The number of piperazine rings is 1. The predicted octanol–water partition coefficient (Wildman–Crippen LogP) is 3.94. The number of nitrogens with two attached hydrogens (primary N) is 1. The van der Waals surface area contributed by atoms with Crippen molar-refractivity contribution in [1.29, 1.82) is 5.26 Å². The highest BCUT2D eigenvalue weighted by Crippen LogP contribution is 2.48. The van der Waals surface area contributed by atoms with Crippen molar-refractivity contribution in [3.63, 3.8) is 0 Å². The number of anilines is 2. The van der Waals surface area contributed by atoms with Crippen LogP contribution in [0.25, 0.3) is 5.82 Å². The van der Waals surface area contributed by atoms with Crippen LogP contribution in [0.1, 0.15) is 41.3 Å². The standard InChI is InChI=1S/C23H26BrN7S/c1-23(5-3-4-18-21(23)17(12-25)22(26)32-18)15-13-27-31(14-15)20-11-16(24)10-19(28-20)30-8-6-29(2)7-9-30/h10-11,13-14H,3-9,26H2,1-2H3. The van der Waals surface area contributed by atoms with Gasteiger partial charge in [0.2, 0.25) is 0 Å². The maximum atomic E-state index is 9.76. The van der Waals surface area contributed by atoms with E-state index in [1.54, 1.807) is 11.3 Å². The highest BCUT2D eigenvalue weighted by molar-refractivity contribution is 9.10. The fraction of sp³-hybridized carbons (Fsp3) is 0.435. The zero-order valence-corrected chi connectivity index (χ0v) is 20.7. The summed E-state index contributed by atoms with van der Waals surface area (Å²) in [6, 6.07) is 6.42. The molecule has 166 valence electrons. The summed E-state index contributed by atoms with van der Waals surface area (Å²) in [6.07, 6.45) is 7.00. The van der Waals surface area contributed by atoms with Gasteiger partial charge in [0, 0.05) is 52.7 Å². The Bertz CT molecular complexity index is 1200. The van der Waals surface area contributed by atoms with Crippen LogP contribution in [0.5, 0.6) is 0 Å². The van der Waals surface area contributed by atoms with Gasteiger partial charge < -0.3 is 15.5 Å². The van der Waals surface area contributed by atoms with Gasteiger partial charge in [0.15, 0.2) is 5.82 Å². The van der Waals surface area contributed by atoms with Crippen LogP contribution in [-0.2, 0) is 11.8 Å². The molecular weight excluding hydrogens is 486 g/mol. The molecule has 2 N–H and O–H groups in total. The number of aryl methyl sites for hydroxylation is 1. The van der Waals surface area contributed by atoms with Crippen LogP contribution in [0.15, 0.2) is 29.0 Å². The molecule has 0 bridgehead atoms. The number of halogens is 1. The molecule has 32 heavy (non-hydrogen) atoms. The fourth-order valence-electron chi connectivity index (χ4n) is 4.90. The van der Waals surface area contributed by atoms with Crippen molar-refractivity contribution >= 4 is 38.1 Å². The van der Waals surface area contributed by atoms with E-state index < -0.39 is 0 Å². The summed E-state index contributed by atoms with van der Waals surface area (Å²) in [4.78, 5) is 10.8. The first-order valence-corrected chi connectivity index (χ1v) is 12.5. The van der Waals surface area contributed by atoms with Crippen LogP contribution in [-0.4, -0.2) is 52.9 Å². The number of nitrogens with zero attached hydrogens (tertiary/aromatic N) is 6. The highest BCUT2D eigenvalue weighted by atomic mass is 79.9. The highest BCUT2D eigenvalue weighted by Gasteiger charge is 2.39. The van der Waals surface area contributed by atoms with Crippen LogP contribution < -0.4 is 10.6 Å². The molecule has 2 aliphatic rings. The molecule has 7 nitrogen and oxygen atoms in total. The van der Waals surface area contributed by atoms with E-state index in [4.69, 9.17) is 10.7 Å². The van der Waals surface area contributed by atoms with Crippen molar-refractivity contribution in [2.75, 3.05) is 43.9 Å². The molecule has 0 radical (unpaired) electrons. The Morgan fingerprint density at radius 1 is 1.22 bits per heavy atom. The number of thiophene rings is 1. The molecule has 0 aromatic carbocycles. The van der Waals surface area contributed by atoms with E-state index in [-0.39, 0.29) is 5.41 Å². The number of nitrogen functional groups attached to an aromatic ring is 1. The van der Waals surface area contributed by atoms with Crippen molar-refractivity contribution in [3.8, 4) is 11.9 Å². The summed E-state index contributed by atoms with van der Waals surface area (Å²) in [7, 11) is 2.15. The lowest BCUT2D eigenvalue weighted by Crippen LogP contribution is -2.44. The van der Waals surface area contributed by atoms with E-state index in [9.17, 15) is 5.26 Å². The second-order valence-electron chi connectivity index (χ2n) is 8.90. The Morgan fingerprint density at radius 2 is 1.97 bits per heavy atom. The average Bonchev–Trinajstić information content (AvgIpc) is 3.39. The van der Waals surface area contributed by atoms with Gasteiger partial charge in [0.1, 0.15) is 16.9 Å². The van der Waals surface area contributed by atoms with Crippen LogP contribution in [0.2, 0.25) is 0 Å². The quantitative estimate of drug-likeness (QED) is 0.572. The topological polar surface area (TPSA) is 87.0 Å². The van der Waals surface area contributed by atoms with Crippen molar-refractivity contribution in [2.45, 2.75) is 31.6 Å². The molecule has 1 atom stereocenters. The molecule has 0 saturated carbocycles. The average molecular weight is 512 g/mol. The first kappa shape index (κ1) is 21.4. The Labute approximate surface area is 200 Å². The third-order valence-corrected chi connectivity index (χ3v) is 8.33. The first-order valence-electron chi connectivity index (χ1n) is 10.9. The lowest BCUT2D eigenvalue weighted by atomic mass is 9.69. The smallest absolute Gasteiger partial charge is 0.156 e. The van der Waals surface area contributed by atoms with Crippen molar-refractivity contribution in [1.82, 2.24) is 19.7 Å². The van der Waals surface area contributed by atoms with Crippen molar-refractivity contribution < 1.29 is 0 Å². The number of hydrogen-bond acceptors (Lipinski definition) is 7. The van der Waals surface area contributed by atoms with Gasteiger partial charge in [0.05, 0.1) is 11.8 Å². The van der Waals surface area contributed by atoms with Crippen LogP contribution in [0, 0.1) is 11.3 Å². The molecule has 4 heterocycles. The summed E-state index contributed by atoms with van der Waals surface area (Å²) in [5.41, 5.74) is 8.73. The number of nitriles is 1. The predicted molar refractivity (Wildman–Crippen MR) is 132 cm³/mol. The minimum absolute atomic E-state index is 0.280. The maximum absolute atomic E-state index is 9.76. The number of hydrogen-bond donors (Lipinski definition) is 1. The number of pyridine rings is 1. The first-order chi connectivity index (χ1) is 15.4. The summed E-state index contributed by atoms with van der Waals surface area (Å²) in [5, 5.41) is 15.1. The Morgan fingerprint density at radius 3 is 2.72 bits per heavy atom. The third kappa shape index (κ3) is 3.60. The van der Waals surface area contributed by atoms with Crippen molar-refractivity contribution in [3.05, 3.63) is 50.6 Å². The lowest BCUT2D eigenvalue weighted by Gasteiger charge is -2.33. The maximum Gasteiger partial charge on any atom is 0.156 e. The monoisotopic (exact) mass is 511 g/mol. The van der Waals surface area contributed by atoms with E-state index in [0.29, 0.717) is 10.6 Å². The Hall–Kier alpha value is -2.41. The molecule has 1 aliphatic carbocycles. The lowest BCUT2D eigenvalue weighted by molar-refractivity contribution is 0.312. The van der Waals surface area contributed by atoms with E-state index >= 15 is 0 Å².